The van der Waals surface area contributed by atoms with Crippen molar-refractivity contribution in [2.24, 2.45) is 0 Å². The molecule has 0 aliphatic heterocycles. The fourth-order valence-electron chi connectivity index (χ4n) is 3.68. The molecule has 1 amide bonds. The Hall–Kier alpha value is -2.99. The number of hydrogen-bond donors (Lipinski definition) is 0. The fourth-order valence-corrected chi connectivity index (χ4v) is 4.87. The minimum absolute atomic E-state index is 0.0207. The first-order valence-electron chi connectivity index (χ1n) is 11.1. The molecule has 0 fully saturated rings. The molecule has 0 bridgehead atoms. The van der Waals surface area contributed by atoms with E-state index in [9.17, 15) is 4.79 Å². The lowest BCUT2D eigenvalue weighted by Gasteiger charge is -2.23. The topological polar surface area (TPSA) is 38.8 Å². The number of methoxy groups -OCH3 is 1. The molecule has 35 heavy (non-hydrogen) atoms. The highest BCUT2D eigenvalue weighted by molar-refractivity contribution is 7.12. The van der Waals surface area contributed by atoms with Crippen LogP contribution in [0.2, 0.25) is 10.0 Å². The third kappa shape index (κ3) is 6.79. The van der Waals surface area contributed by atoms with Crippen molar-refractivity contribution < 1.29 is 14.3 Å². The number of rotatable bonds is 10. The van der Waals surface area contributed by atoms with Gasteiger partial charge in [-0.25, -0.2) is 0 Å². The van der Waals surface area contributed by atoms with Crippen LogP contribution in [0.25, 0.3) is 0 Å². The number of halogens is 2. The normalized spacial score (nSPS) is 10.7. The molecule has 0 saturated heterocycles. The maximum absolute atomic E-state index is 13.3. The number of benzene rings is 3. The van der Waals surface area contributed by atoms with Crippen molar-refractivity contribution in [2.75, 3.05) is 13.7 Å². The van der Waals surface area contributed by atoms with Crippen LogP contribution in [-0.2, 0) is 19.6 Å². The lowest BCUT2D eigenvalue weighted by Crippen LogP contribution is -2.32. The van der Waals surface area contributed by atoms with Crippen LogP contribution in [0.15, 0.2) is 84.2 Å². The van der Waals surface area contributed by atoms with E-state index in [-0.39, 0.29) is 5.91 Å². The highest BCUT2D eigenvalue weighted by atomic mass is 35.5. The predicted octanol–water partition coefficient (Wildman–Crippen LogP) is 7.53. The summed E-state index contributed by atoms with van der Waals surface area (Å²) in [6.45, 7) is 1.35. The van der Waals surface area contributed by atoms with Gasteiger partial charge in [0.15, 0.2) is 11.5 Å². The summed E-state index contributed by atoms with van der Waals surface area (Å²) in [5, 5.41) is 3.10. The van der Waals surface area contributed by atoms with Crippen molar-refractivity contribution >= 4 is 40.4 Å². The van der Waals surface area contributed by atoms with Gasteiger partial charge in [0.05, 0.1) is 12.0 Å². The number of thiophene rings is 1. The Morgan fingerprint density at radius 1 is 0.914 bits per heavy atom. The van der Waals surface area contributed by atoms with E-state index >= 15 is 0 Å². The van der Waals surface area contributed by atoms with Crippen LogP contribution in [0.5, 0.6) is 11.5 Å². The third-order valence-corrected chi connectivity index (χ3v) is 6.97. The summed E-state index contributed by atoms with van der Waals surface area (Å²) in [7, 11) is 1.62. The number of amides is 1. The van der Waals surface area contributed by atoms with Gasteiger partial charge in [0.25, 0.3) is 5.91 Å². The second-order valence-electron chi connectivity index (χ2n) is 7.95. The van der Waals surface area contributed by atoms with E-state index in [0.29, 0.717) is 52.5 Å². The fraction of sp³-hybridized carbons (Fsp3) is 0.179. The van der Waals surface area contributed by atoms with Crippen molar-refractivity contribution in [3.63, 3.8) is 0 Å². The van der Waals surface area contributed by atoms with E-state index < -0.39 is 0 Å². The smallest absolute Gasteiger partial charge is 0.264 e. The monoisotopic (exact) mass is 525 g/mol. The van der Waals surface area contributed by atoms with Crippen molar-refractivity contribution in [3.8, 4) is 11.5 Å². The first-order chi connectivity index (χ1) is 17.0. The molecule has 0 atom stereocenters. The Morgan fingerprint density at radius 2 is 1.74 bits per heavy atom. The first-order valence-corrected chi connectivity index (χ1v) is 12.8. The maximum atomic E-state index is 13.3. The van der Waals surface area contributed by atoms with Crippen molar-refractivity contribution in [1.29, 1.82) is 0 Å². The second kappa shape index (κ2) is 12.1. The zero-order valence-electron chi connectivity index (χ0n) is 19.2. The highest BCUT2D eigenvalue weighted by Crippen LogP contribution is 2.30. The van der Waals surface area contributed by atoms with E-state index in [1.54, 1.807) is 13.2 Å². The van der Waals surface area contributed by atoms with E-state index in [4.69, 9.17) is 32.7 Å². The summed E-state index contributed by atoms with van der Waals surface area (Å²) < 4.78 is 11.6. The lowest BCUT2D eigenvalue weighted by atomic mass is 10.1. The molecule has 0 aliphatic rings. The summed E-state index contributed by atoms with van der Waals surface area (Å²) in [4.78, 5) is 15.8. The van der Waals surface area contributed by atoms with Gasteiger partial charge in [0.2, 0.25) is 0 Å². The van der Waals surface area contributed by atoms with Crippen LogP contribution in [0, 0.1) is 0 Å². The first kappa shape index (κ1) is 25.1. The van der Waals surface area contributed by atoms with E-state index in [1.165, 1.54) is 11.3 Å². The summed E-state index contributed by atoms with van der Waals surface area (Å²) >= 11 is 13.8. The van der Waals surface area contributed by atoms with Crippen LogP contribution in [0.3, 0.4) is 0 Å². The quantitative estimate of drug-likeness (QED) is 0.215. The second-order valence-corrected chi connectivity index (χ2v) is 9.74. The molecule has 0 N–H and O–H groups in total. The molecule has 0 spiro atoms. The van der Waals surface area contributed by atoms with Crippen molar-refractivity contribution in [2.45, 2.75) is 19.6 Å². The van der Waals surface area contributed by atoms with Crippen LogP contribution >= 0.6 is 34.5 Å². The van der Waals surface area contributed by atoms with Gasteiger partial charge in [-0.15, -0.1) is 11.3 Å². The third-order valence-electron chi connectivity index (χ3n) is 5.52. The van der Waals surface area contributed by atoms with Crippen LogP contribution in [0.4, 0.5) is 0 Å². The van der Waals surface area contributed by atoms with Crippen LogP contribution in [-0.4, -0.2) is 24.5 Å². The SMILES string of the molecule is COc1ccc(CN(CCc2ccc(Cl)cc2Cl)C(=O)c2cccs2)cc1OCc1ccccc1. The summed E-state index contributed by atoms with van der Waals surface area (Å²) in [6, 6.07) is 24.9. The van der Waals surface area contributed by atoms with Gasteiger partial charge in [-0.1, -0.05) is 71.7 Å². The van der Waals surface area contributed by atoms with Crippen molar-refractivity contribution in [3.05, 3.63) is 116 Å². The standard InChI is InChI=1S/C28H25Cl2NO3S/c1-33-25-12-9-21(16-26(25)34-19-20-6-3-2-4-7-20)18-31(28(32)27-8-5-15-35-27)14-13-22-10-11-23(29)17-24(22)30/h2-12,15-17H,13-14,18-19H2,1H3. The molecule has 4 aromatic rings. The van der Waals surface area contributed by atoms with Gasteiger partial charge in [-0.05, 0) is 58.8 Å². The lowest BCUT2D eigenvalue weighted by molar-refractivity contribution is 0.0750. The average Bonchev–Trinajstić information content (AvgIpc) is 3.41. The number of hydrogen-bond acceptors (Lipinski definition) is 4. The molecule has 1 heterocycles. The molecule has 180 valence electrons. The zero-order valence-corrected chi connectivity index (χ0v) is 21.6. The number of nitrogens with zero attached hydrogens (tertiary/aromatic N) is 1. The minimum Gasteiger partial charge on any atom is -0.493 e. The van der Waals surface area contributed by atoms with Gasteiger partial charge < -0.3 is 14.4 Å². The molecular formula is C28H25Cl2NO3S. The van der Waals surface area contributed by atoms with Gasteiger partial charge in [-0.2, -0.15) is 0 Å². The maximum Gasteiger partial charge on any atom is 0.264 e. The molecule has 0 saturated carbocycles. The largest absolute Gasteiger partial charge is 0.493 e. The van der Waals surface area contributed by atoms with Crippen molar-refractivity contribution in [1.82, 2.24) is 4.90 Å². The molecule has 0 aliphatic carbocycles. The molecule has 7 heteroatoms. The molecule has 4 rings (SSSR count). The van der Waals surface area contributed by atoms with Crippen LogP contribution in [0.1, 0.15) is 26.4 Å². The molecule has 1 aromatic heterocycles. The Labute approximate surface area is 219 Å². The van der Waals surface area contributed by atoms with Crippen LogP contribution < -0.4 is 9.47 Å². The highest BCUT2D eigenvalue weighted by Gasteiger charge is 2.19. The van der Waals surface area contributed by atoms with Gasteiger partial charge in [0.1, 0.15) is 6.61 Å². The Morgan fingerprint density at radius 3 is 2.46 bits per heavy atom. The summed E-state index contributed by atoms with van der Waals surface area (Å²) in [6.07, 6.45) is 0.612. The van der Waals surface area contributed by atoms with E-state index in [0.717, 1.165) is 16.7 Å². The number of carbonyl (C=O) groups excluding carboxylic acids is 1. The molecule has 4 nitrogen and oxygen atoms in total. The minimum atomic E-state index is -0.0207. The Kier molecular flexibility index (Phi) is 8.69. The zero-order chi connectivity index (χ0) is 24.6. The molecule has 0 unspecified atom stereocenters. The molecular weight excluding hydrogens is 501 g/mol. The van der Waals surface area contributed by atoms with Gasteiger partial charge in [0, 0.05) is 23.1 Å². The van der Waals surface area contributed by atoms with E-state index in [1.807, 2.05) is 83.1 Å². The summed E-state index contributed by atoms with van der Waals surface area (Å²) in [5.74, 6) is 1.26. The molecule has 0 radical (unpaired) electrons. The van der Waals surface area contributed by atoms with Gasteiger partial charge in [-0.3, -0.25) is 4.79 Å². The van der Waals surface area contributed by atoms with Gasteiger partial charge >= 0.3 is 0 Å². The summed E-state index contributed by atoms with van der Waals surface area (Å²) in [5.41, 5.74) is 2.96. The number of carbonyl (C=O) groups is 1. The average molecular weight is 526 g/mol. The predicted molar refractivity (Wildman–Crippen MR) is 143 cm³/mol. The molecule has 3 aromatic carbocycles. The van der Waals surface area contributed by atoms with E-state index in [2.05, 4.69) is 0 Å². The Balaban J connectivity index is 1.53. The number of ether oxygens (including phenoxy) is 2. The Bertz CT molecular complexity index is 1260.